The molecule has 1 aromatic rings. The predicted molar refractivity (Wildman–Crippen MR) is 57.8 cm³/mol. The highest BCUT2D eigenvalue weighted by atomic mass is 79.9. The van der Waals surface area contributed by atoms with Gasteiger partial charge in [-0.1, -0.05) is 21.9 Å². The topological polar surface area (TPSA) is 33.0 Å². The van der Waals surface area contributed by atoms with Crippen molar-refractivity contribution in [1.29, 1.82) is 5.26 Å². The Morgan fingerprint density at radius 2 is 2.29 bits per heavy atom. The normalized spacial score (nSPS) is 11.1. The molecule has 0 bridgehead atoms. The molecule has 0 aliphatic heterocycles. The van der Waals surface area contributed by atoms with Gasteiger partial charge in [-0.05, 0) is 25.1 Å². The van der Waals surface area contributed by atoms with Gasteiger partial charge < -0.3 is 4.74 Å². The number of halogens is 1. The molecule has 0 saturated carbocycles. The van der Waals surface area contributed by atoms with Crippen LogP contribution in [0.5, 0.6) is 5.75 Å². The summed E-state index contributed by atoms with van der Waals surface area (Å²) in [7, 11) is 0. The van der Waals surface area contributed by atoms with Gasteiger partial charge in [-0.15, -0.1) is 6.42 Å². The molecule has 0 N–H and O–H groups in total. The maximum atomic E-state index is 8.80. The van der Waals surface area contributed by atoms with Gasteiger partial charge in [0.05, 0.1) is 5.56 Å². The first-order valence-electron chi connectivity index (χ1n) is 4.00. The van der Waals surface area contributed by atoms with E-state index >= 15 is 0 Å². The van der Waals surface area contributed by atoms with Crippen LogP contribution >= 0.6 is 15.9 Å². The number of rotatable bonds is 2. The maximum absolute atomic E-state index is 8.80. The molecule has 0 radical (unpaired) electrons. The molecular formula is C11H8BrNO. The van der Waals surface area contributed by atoms with E-state index in [9.17, 15) is 0 Å². The van der Waals surface area contributed by atoms with Crippen molar-refractivity contribution in [2.75, 3.05) is 0 Å². The Balaban J connectivity index is 3.02. The Kier molecular flexibility index (Phi) is 3.56. The first-order valence-corrected chi connectivity index (χ1v) is 4.79. The fraction of sp³-hybridized carbons (Fsp3) is 0.182. The zero-order valence-corrected chi connectivity index (χ0v) is 9.21. The summed E-state index contributed by atoms with van der Waals surface area (Å²) in [5.74, 6) is 2.94. The lowest BCUT2D eigenvalue weighted by Crippen LogP contribution is -2.09. The van der Waals surface area contributed by atoms with Gasteiger partial charge in [0.25, 0.3) is 0 Å². The molecule has 1 rings (SSSR count). The number of terminal acetylenes is 1. The average molecular weight is 250 g/mol. The number of hydrogen-bond acceptors (Lipinski definition) is 2. The van der Waals surface area contributed by atoms with Crippen LogP contribution in [0.3, 0.4) is 0 Å². The predicted octanol–water partition coefficient (Wildman–Crippen LogP) is 2.72. The number of hydrogen-bond donors (Lipinski definition) is 0. The van der Waals surface area contributed by atoms with Crippen molar-refractivity contribution < 1.29 is 4.74 Å². The molecule has 0 fully saturated rings. The summed E-state index contributed by atoms with van der Waals surface area (Å²) in [4.78, 5) is 0. The zero-order valence-electron chi connectivity index (χ0n) is 7.62. The smallest absolute Gasteiger partial charge is 0.156 e. The van der Waals surface area contributed by atoms with E-state index in [4.69, 9.17) is 16.4 Å². The lowest BCUT2D eigenvalue weighted by molar-refractivity contribution is 0.278. The highest BCUT2D eigenvalue weighted by Crippen LogP contribution is 2.23. The molecule has 0 saturated heterocycles. The minimum atomic E-state index is -0.337. The van der Waals surface area contributed by atoms with E-state index in [0.717, 1.165) is 4.47 Å². The summed E-state index contributed by atoms with van der Waals surface area (Å²) in [6.07, 6.45) is 4.84. The molecule has 1 unspecified atom stereocenters. The van der Waals surface area contributed by atoms with E-state index in [1.807, 2.05) is 6.07 Å². The van der Waals surface area contributed by atoms with E-state index in [1.165, 1.54) is 0 Å². The molecule has 0 spiro atoms. The fourth-order valence-electron chi connectivity index (χ4n) is 0.911. The van der Waals surface area contributed by atoms with E-state index in [1.54, 1.807) is 25.1 Å². The minimum Gasteiger partial charge on any atom is -0.477 e. The van der Waals surface area contributed by atoms with Crippen molar-refractivity contribution in [1.82, 2.24) is 0 Å². The summed E-state index contributed by atoms with van der Waals surface area (Å²) in [5, 5.41) is 8.80. The second-order valence-electron chi connectivity index (χ2n) is 2.68. The number of nitriles is 1. The third-order valence-corrected chi connectivity index (χ3v) is 2.10. The van der Waals surface area contributed by atoms with Gasteiger partial charge in [0, 0.05) is 4.47 Å². The van der Waals surface area contributed by atoms with Crippen LogP contribution in [0, 0.1) is 23.7 Å². The van der Waals surface area contributed by atoms with Gasteiger partial charge in [-0.2, -0.15) is 5.26 Å². The van der Waals surface area contributed by atoms with E-state index in [2.05, 4.69) is 21.9 Å². The molecule has 0 heterocycles. The number of ether oxygens (including phenoxy) is 1. The monoisotopic (exact) mass is 249 g/mol. The van der Waals surface area contributed by atoms with Gasteiger partial charge in [0.2, 0.25) is 0 Å². The van der Waals surface area contributed by atoms with Crippen molar-refractivity contribution in [2.45, 2.75) is 13.0 Å². The minimum absolute atomic E-state index is 0.337. The van der Waals surface area contributed by atoms with Gasteiger partial charge in [-0.3, -0.25) is 0 Å². The summed E-state index contributed by atoms with van der Waals surface area (Å²) >= 11 is 3.30. The van der Waals surface area contributed by atoms with Crippen molar-refractivity contribution >= 4 is 15.9 Å². The fourth-order valence-corrected chi connectivity index (χ4v) is 1.25. The van der Waals surface area contributed by atoms with Crippen LogP contribution in [-0.2, 0) is 0 Å². The molecule has 70 valence electrons. The Morgan fingerprint density at radius 3 is 2.86 bits per heavy atom. The molecule has 0 amide bonds. The molecule has 1 atom stereocenters. The van der Waals surface area contributed by atoms with Crippen LogP contribution in [0.15, 0.2) is 22.7 Å². The first kappa shape index (κ1) is 10.6. The van der Waals surface area contributed by atoms with Crippen LogP contribution in [0.4, 0.5) is 0 Å². The highest BCUT2D eigenvalue weighted by Gasteiger charge is 2.06. The van der Waals surface area contributed by atoms with Crippen molar-refractivity contribution in [3.8, 4) is 24.2 Å². The quantitative estimate of drug-likeness (QED) is 0.756. The van der Waals surface area contributed by atoms with Crippen molar-refractivity contribution in [3.63, 3.8) is 0 Å². The molecule has 3 heteroatoms. The third-order valence-electron chi connectivity index (χ3n) is 1.60. The van der Waals surface area contributed by atoms with Gasteiger partial charge in [-0.25, -0.2) is 0 Å². The van der Waals surface area contributed by atoms with Crippen LogP contribution < -0.4 is 4.74 Å². The Bertz CT molecular complexity index is 414. The van der Waals surface area contributed by atoms with Crippen LogP contribution in [0.25, 0.3) is 0 Å². The summed E-state index contributed by atoms with van der Waals surface area (Å²) in [6.45, 7) is 1.75. The molecule has 0 aliphatic rings. The first-order chi connectivity index (χ1) is 6.67. The van der Waals surface area contributed by atoms with Crippen LogP contribution in [0.1, 0.15) is 12.5 Å². The standard InChI is InChI=1S/C11H8BrNO/c1-3-8(2)14-11-6-10(12)5-4-9(11)7-13/h1,4-6,8H,2H3. The van der Waals surface area contributed by atoms with E-state index in [0.29, 0.717) is 11.3 Å². The van der Waals surface area contributed by atoms with Crippen LogP contribution in [-0.4, -0.2) is 6.10 Å². The van der Waals surface area contributed by atoms with Crippen LogP contribution in [0.2, 0.25) is 0 Å². The van der Waals surface area contributed by atoms with E-state index < -0.39 is 0 Å². The lowest BCUT2D eigenvalue weighted by atomic mass is 10.2. The average Bonchev–Trinajstić information content (AvgIpc) is 2.18. The van der Waals surface area contributed by atoms with E-state index in [-0.39, 0.29) is 6.10 Å². The molecule has 0 aromatic heterocycles. The largest absolute Gasteiger partial charge is 0.477 e. The molecular weight excluding hydrogens is 242 g/mol. The van der Waals surface area contributed by atoms with Gasteiger partial charge >= 0.3 is 0 Å². The van der Waals surface area contributed by atoms with Gasteiger partial charge in [0.15, 0.2) is 6.10 Å². The summed E-state index contributed by atoms with van der Waals surface area (Å²) in [5.41, 5.74) is 0.482. The zero-order chi connectivity index (χ0) is 10.6. The van der Waals surface area contributed by atoms with Crippen molar-refractivity contribution in [2.24, 2.45) is 0 Å². The molecule has 2 nitrogen and oxygen atoms in total. The van der Waals surface area contributed by atoms with Gasteiger partial charge in [0.1, 0.15) is 11.8 Å². The number of nitrogens with zero attached hydrogens (tertiary/aromatic N) is 1. The second kappa shape index (κ2) is 4.69. The highest BCUT2D eigenvalue weighted by molar-refractivity contribution is 9.10. The summed E-state index contributed by atoms with van der Waals surface area (Å²) in [6, 6.07) is 7.23. The Morgan fingerprint density at radius 1 is 1.57 bits per heavy atom. The SMILES string of the molecule is C#CC(C)Oc1cc(Br)ccc1C#N. The molecule has 0 aliphatic carbocycles. The third kappa shape index (κ3) is 2.52. The number of benzene rings is 1. The van der Waals surface area contributed by atoms with Crippen molar-refractivity contribution in [3.05, 3.63) is 28.2 Å². The Hall–Kier alpha value is -1.45. The molecule has 1 aromatic carbocycles. The lowest BCUT2D eigenvalue weighted by Gasteiger charge is -2.10. The molecule has 14 heavy (non-hydrogen) atoms. The second-order valence-corrected chi connectivity index (χ2v) is 3.59. The Labute approximate surface area is 91.6 Å². The summed E-state index contributed by atoms with van der Waals surface area (Å²) < 4.78 is 6.23. The maximum Gasteiger partial charge on any atom is 0.156 e.